The lowest BCUT2D eigenvalue weighted by molar-refractivity contribution is -0.238. The average Bonchev–Trinajstić information content (AvgIpc) is 2.69. The number of hydrogen-bond donors (Lipinski definition) is 2. The molecular weight excluding hydrogens is 492 g/mol. The molecule has 0 heterocycles. The van der Waals surface area contributed by atoms with Gasteiger partial charge in [0.2, 0.25) is 4.58 Å². The average molecular weight is 537 g/mol. The lowest BCUT2D eigenvalue weighted by Crippen LogP contribution is -2.67. The van der Waals surface area contributed by atoms with Crippen molar-refractivity contribution < 1.29 is 35.4 Å². The van der Waals surface area contributed by atoms with Crippen molar-refractivity contribution in [3.63, 3.8) is 0 Å². The van der Waals surface area contributed by atoms with E-state index in [9.17, 15) is 27.0 Å². The summed E-state index contributed by atoms with van der Waals surface area (Å²) in [5.74, 6) is 0.177. The van der Waals surface area contributed by atoms with Gasteiger partial charge in [-0.15, -0.1) is 0 Å². The van der Waals surface area contributed by atoms with Crippen molar-refractivity contribution in [3.8, 4) is 0 Å². The van der Waals surface area contributed by atoms with Crippen LogP contribution in [0.1, 0.15) is 93.4 Å². The van der Waals surface area contributed by atoms with Crippen LogP contribution in [0.4, 0.5) is 0 Å². The third-order valence-corrected chi connectivity index (χ3v) is 14.8. The molecule has 6 aliphatic carbocycles. The van der Waals surface area contributed by atoms with Gasteiger partial charge in [0.1, 0.15) is 12.2 Å². The van der Waals surface area contributed by atoms with E-state index < -0.39 is 48.2 Å². The SMILES string of the molecule is CCCCC(S(=O)(=O)OC1CC2CC(C2(C)C)C1(C)O)S(=O)(=O)OC1CC2CC(C2(C)C)C1(C)O. The Balaban J connectivity index is 1.55. The zero-order valence-corrected chi connectivity index (χ0v) is 23.8. The molecule has 6 aliphatic rings. The van der Waals surface area contributed by atoms with Crippen molar-refractivity contribution in [2.24, 2.45) is 34.5 Å². The molecule has 6 saturated carbocycles. The van der Waals surface area contributed by atoms with Crippen LogP contribution < -0.4 is 0 Å². The van der Waals surface area contributed by atoms with Crippen LogP contribution in [-0.4, -0.2) is 55.0 Å². The Labute approximate surface area is 211 Å². The Bertz CT molecular complexity index is 963. The lowest BCUT2D eigenvalue weighted by atomic mass is 9.43. The third kappa shape index (κ3) is 4.22. The maximum atomic E-state index is 13.4. The Hall–Kier alpha value is -0.260. The Kier molecular flexibility index (Phi) is 6.64. The fraction of sp³-hybridized carbons (Fsp3) is 1.00. The quantitative estimate of drug-likeness (QED) is 0.428. The molecule has 0 radical (unpaired) electrons. The lowest BCUT2D eigenvalue weighted by Gasteiger charge is -2.64. The van der Waals surface area contributed by atoms with Gasteiger partial charge in [0, 0.05) is 0 Å². The highest BCUT2D eigenvalue weighted by Crippen LogP contribution is 2.64. The number of rotatable bonds is 9. The van der Waals surface area contributed by atoms with Crippen LogP contribution in [-0.2, 0) is 28.6 Å². The molecule has 6 fully saturated rings. The largest absolute Gasteiger partial charge is 0.387 e. The van der Waals surface area contributed by atoms with E-state index in [1.54, 1.807) is 13.8 Å². The summed E-state index contributed by atoms with van der Waals surface area (Å²) in [6.45, 7) is 13.3. The Morgan fingerprint density at radius 1 is 0.743 bits per heavy atom. The second kappa shape index (κ2) is 8.37. The summed E-state index contributed by atoms with van der Waals surface area (Å²) in [5, 5.41) is 22.4. The second-order valence-corrected chi connectivity index (χ2v) is 17.1. The van der Waals surface area contributed by atoms with Gasteiger partial charge in [-0.3, -0.25) is 8.37 Å². The molecule has 6 rings (SSSR count). The number of aliphatic hydroxyl groups is 2. The number of hydrogen-bond acceptors (Lipinski definition) is 8. The van der Waals surface area contributed by atoms with E-state index in [2.05, 4.69) is 27.7 Å². The minimum atomic E-state index is -4.63. The van der Waals surface area contributed by atoms with Crippen molar-refractivity contribution >= 4 is 20.2 Å². The van der Waals surface area contributed by atoms with E-state index in [1.165, 1.54) is 0 Å². The minimum absolute atomic E-state index is 0.120. The molecule has 2 N–H and O–H groups in total. The summed E-state index contributed by atoms with van der Waals surface area (Å²) in [7, 11) is -9.26. The van der Waals surface area contributed by atoms with Crippen LogP contribution in [0, 0.1) is 34.5 Å². The first kappa shape index (κ1) is 27.8. The predicted molar refractivity (Wildman–Crippen MR) is 132 cm³/mol. The van der Waals surface area contributed by atoms with Crippen LogP contribution in [0.25, 0.3) is 0 Å². The normalized spacial score (nSPS) is 44.7. The van der Waals surface area contributed by atoms with Gasteiger partial charge in [0.15, 0.2) is 0 Å². The molecule has 8 nitrogen and oxygen atoms in total. The summed E-state index contributed by atoms with van der Waals surface area (Å²) in [6, 6.07) is 0. The van der Waals surface area contributed by atoms with E-state index in [0.717, 1.165) is 12.8 Å². The van der Waals surface area contributed by atoms with E-state index in [4.69, 9.17) is 8.37 Å². The number of unbranched alkanes of at least 4 members (excludes halogenated alkanes) is 1. The molecule has 0 aromatic heterocycles. The van der Waals surface area contributed by atoms with Crippen molar-refractivity contribution in [2.45, 2.75) is 121 Å². The van der Waals surface area contributed by atoms with Crippen molar-refractivity contribution in [3.05, 3.63) is 0 Å². The smallest absolute Gasteiger partial charge is 0.287 e. The molecule has 8 unspecified atom stereocenters. The molecule has 0 spiro atoms. The molecule has 35 heavy (non-hydrogen) atoms. The summed E-state index contributed by atoms with van der Waals surface area (Å²) in [5.41, 5.74) is -3.01. The maximum Gasteiger partial charge on any atom is 0.287 e. The number of fused-ring (bicyclic) bond motifs is 4. The topological polar surface area (TPSA) is 127 Å². The highest BCUT2D eigenvalue weighted by Gasteiger charge is 2.66. The van der Waals surface area contributed by atoms with Crippen LogP contribution in [0.5, 0.6) is 0 Å². The standard InChI is InChI=1S/C25H44O8S2/c1-8-9-10-21(34(28,29)32-19-13-15-11-17(22(15,2)3)24(19,6)26)35(30,31)33-20-14-16-12-18(23(16,4)5)25(20,7)27/h15-21,26-27H,8-14H2,1-7H3. The molecular formula is C25H44O8S2. The highest BCUT2D eigenvalue weighted by molar-refractivity contribution is 8.04. The molecule has 0 aromatic rings. The van der Waals surface area contributed by atoms with Gasteiger partial charge in [0.25, 0.3) is 20.2 Å². The molecule has 0 saturated heterocycles. The fourth-order valence-corrected chi connectivity index (χ4v) is 11.6. The van der Waals surface area contributed by atoms with E-state index in [1.807, 2.05) is 6.92 Å². The predicted octanol–water partition coefficient (Wildman–Crippen LogP) is 3.57. The van der Waals surface area contributed by atoms with Gasteiger partial charge in [-0.2, -0.15) is 16.8 Å². The van der Waals surface area contributed by atoms with Crippen LogP contribution >= 0.6 is 0 Å². The zero-order valence-electron chi connectivity index (χ0n) is 22.2. The van der Waals surface area contributed by atoms with Crippen molar-refractivity contribution in [2.75, 3.05) is 0 Å². The first-order valence-corrected chi connectivity index (χ1v) is 16.0. The zero-order chi connectivity index (χ0) is 26.4. The van der Waals surface area contributed by atoms with Gasteiger partial charge in [-0.1, -0.05) is 47.5 Å². The monoisotopic (exact) mass is 536 g/mol. The van der Waals surface area contributed by atoms with Gasteiger partial charge < -0.3 is 10.2 Å². The summed E-state index contributed by atoms with van der Waals surface area (Å²) >= 11 is 0. The molecule has 10 heteroatoms. The summed E-state index contributed by atoms with van der Waals surface area (Å²) < 4.78 is 63.0. The molecule has 204 valence electrons. The Morgan fingerprint density at radius 2 is 1.11 bits per heavy atom. The van der Waals surface area contributed by atoms with Crippen LogP contribution in [0.3, 0.4) is 0 Å². The first-order chi connectivity index (χ1) is 15.8. The molecule has 4 bridgehead atoms. The van der Waals surface area contributed by atoms with Crippen molar-refractivity contribution in [1.29, 1.82) is 0 Å². The third-order valence-electron chi connectivity index (χ3n) is 10.6. The summed E-state index contributed by atoms with van der Waals surface area (Å²) in [6.07, 6.45) is 1.09. The van der Waals surface area contributed by atoms with Crippen LogP contribution in [0.2, 0.25) is 0 Å². The van der Waals surface area contributed by atoms with Crippen LogP contribution in [0.15, 0.2) is 0 Å². The second-order valence-electron chi connectivity index (χ2n) is 13.3. The van der Waals surface area contributed by atoms with Crippen molar-refractivity contribution in [1.82, 2.24) is 0 Å². The van der Waals surface area contributed by atoms with E-state index in [-0.39, 0.29) is 40.9 Å². The minimum Gasteiger partial charge on any atom is -0.387 e. The Morgan fingerprint density at radius 3 is 1.40 bits per heavy atom. The highest BCUT2D eigenvalue weighted by atomic mass is 32.3. The molecule has 0 aliphatic heterocycles. The molecule has 0 amide bonds. The van der Waals surface area contributed by atoms with Gasteiger partial charge in [0.05, 0.1) is 11.2 Å². The van der Waals surface area contributed by atoms with Gasteiger partial charge >= 0.3 is 0 Å². The van der Waals surface area contributed by atoms with E-state index >= 15 is 0 Å². The van der Waals surface area contributed by atoms with Gasteiger partial charge in [-0.05, 0) is 80.5 Å². The summed E-state index contributed by atoms with van der Waals surface area (Å²) in [4.78, 5) is 0. The fourth-order valence-electron chi connectivity index (χ4n) is 7.78. The molecule has 8 atom stereocenters. The maximum absolute atomic E-state index is 13.4. The van der Waals surface area contributed by atoms with Gasteiger partial charge in [-0.25, -0.2) is 0 Å². The molecule has 0 aromatic carbocycles. The first-order valence-electron chi connectivity index (χ1n) is 13.1. The van der Waals surface area contributed by atoms with E-state index in [0.29, 0.717) is 25.7 Å².